The summed E-state index contributed by atoms with van der Waals surface area (Å²) in [6.07, 6.45) is 1.80. The molecular formula is C18H15N3. The van der Waals surface area contributed by atoms with Crippen molar-refractivity contribution >= 4 is 0 Å². The molecule has 3 rings (SSSR count). The lowest BCUT2D eigenvalue weighted by Gasteiger charge is -2.01. The molecule has 0 saturated heterocycles. The standard InChI is InChI=1S/C18H15N3/c1-14-4-3-5-17(20-14)11-8-15-6-9-16(10-7-15)18-12-13-19-21(18)2/h3-7,9-10,12-13H,1-2H3. The van der Waals surface area contributed by atoms with E-state index in [1.54, 1.807) is 6.20 Å². The molecule has 0 aliphatic heterocycles. The van der Waals surface area contributed by atoms with Crippen LogP contribution in [0.4, 0.5) is 0 Å². The van der Waals surface area contributed by atoms with Crippen molar-refractivity contribution in [1.82, 2.24) is 14.8 Å². The van der Waals surface area contributed by atoms with Crippen LogP contribution in [0.3, 0.4) is 0 Å². The van der Waals surface area contributed by atoms with Gasteiger partial charge in [-0.15, -0.1) is 0 Å². The molecule has 2 aromatic heterocycles. The molecule has 0 aliphatic carbocycles. The van der Waals surface area contributed by atoms with E-state index >= 15 is 0 Å². The molecule has 0 saturated carbocycles. The van der Waals surface area contributed by atoms with Crippen LogP contribution in [0.5, 0.6) is 0 Å². The lowest BCUT2D eigenvalue weighted by molar-refractivity contribution is 0.776. The Balaban J connectivity index is 1.84. The van der Waals surface area contributed by atoms with Gasteiger partial charge in [0.25, 0.3) is 0 Å². The number of nitrogens with zero attached hydrogens (tertiary/aromatic N) is 3. The Bertz CT molecular complexity index is 817. The topological polar surface area (TPSA) is 30.7 Å². The summed E-state index contributed by atoms with van der Waals surface area (Å²) >= 11 is 0. The van der Waals surface area contributed by atoms with Crippen LogP contribution in [-0.4, -0.2) is 14.8 Å². The minimum Gasteiger partial charge on any atom is -0.268 e. The van der Waals surface area contributed by atoms with Crippen LogP contribution < -0.4 is 0 Å². The lowest BCUT2D eigenvalue weighted by atomic mass is 10.1. The zero-order valence-electron chi connectivity index (χ0n) is 12.0. The normalized spacial score (nSPS) is 10.0. The van der Waals surface area contributed by atoms with Crippen molar-refractivity contribution in [2.75, 3.05) is 0 Å². The van der Waals surface area contributed by atoms with Crippen molar-refractivity contribution in [3.63, 3.8) is 0 Å². The summed E-state index contributed by atoms with van der Waals surface area (Å²) in [6.45, 7) is 1.97. The van der Waals surface area contributed by atoms with E-state index in [-0.39, 0.29) is 0 Å². The molecule has 0 fully saturated rings. The summed E-state index contributed by atoms with van der Waals surface area (Å²) in [5, 5.41) is 4.18. The molecule has 0 aliphatic rings. The van der Waals surface area contributed by atoms with Gasteiger partial charge in [0.1, 0.15) is 5.69 Å². The van der Waals surface area contributed by atoms with Gasteiger partial charge >= 0.3 is 0 Å². The van der Waals surface area contributed by atoms with Crippen molar-refractivity contribution in [2.45, 2.75) is 6.92 Å². The zero-order valence-corrected chi connectivity index (χ0v) is 12.0. The molecule has 2 heterocycles. The van der Waals surface area contributed by atoms with Crippen LogP contribution in [0, 0.1) is 18.8 Å². The van der Waals surface area contributed by atoms with E-state index in [0.29, 0.717) is 0 Å². The fourth-order valence-electron chi connectivity index (χ4n) is 2.13. The summed E-state index contributed by atoms with van der Waals surface area (Å²) in [5.74, 6) is 6.23. The maximum absolute atomic E-state index is 4.37. The van der Waals surface area contributed by atoms with E-state index < -0.39 is 0 Å². The number of hydrogen-bond donors (Lipinski definition) is 0. The zero-order chi connectivity index (χ0) is 14.7. The monoisotopic (exact) mass is 273 g/mol. The van der Waals surface area contributed by atoms with Crippen molar-refractivity contribution in [1.29, 1.82) is 0 Å². The number of pyridine rings is 1. The molecule has 102 valence electrons. The highest BCUT2D eigenvalue weighted by molar-refractivity contribution is 5.60. The first-order valence-electron chi connectivity index (χ1n) is 6.76. The second-order valence-corrected chi connectivity index (χ2v) is 4.83. The minimum atomic E-state index is 0.797. The van der Waals surface area contributed by atoms with Crippen molar-refractivity contribution in [3.05, 3.63) is 71.7 Å². The first kappa shape index (κ1) is 13.1. The second-order valence-electron chi connectivity index (χ2n) is 4.83. The molecule has 3 aromatic rings. The number of rotatable bonds is 1. The molecule has 0 unspecified atom stereocenters. The Labute approximate surface area is 124 Å². The molecule has 21 heavy (non-hydrogen) atoms. The Morgan fingerprint density at radius 2 is 1.76 bits per heavy atom. The van der Waals surface area contributed by atoms with Crippen molar-refractivity contribution in [2.24, 2.45) is 7.05 Å². The Hall–Kier alpha value is -2.86. The van der Waals surface area contributed by atoms with Crippen molar-refractivity contribution < 1.29 is 0 Å². The largest absolute Gasteiger partial charge is 0.268 e. The van der Waals surface area contributed by atoms with E-state index in [4.69, 9.17) is 0 Å². The van der Waals surface area contributed by atoms with Crippen LogP contribution in [0.1, 0.15) is 17.0 Å². The summed E-state index contributed by atoms with van der Waals surface area (Å²) in [5.41, 5.74) is 4.98. The number of benzene rings is 1. The van der Waals surface area contributed by atoms with Gasteiger partial charge in [-0.1, -0.05) is 24.1 Å². The Morgan fingerprint density at radius 3 is 2.43 bits per heavy atom. The fourth-order valence-corrected chi connectivity index (χ4v) is 2.13. The molecule has 0 amide bonds. The van der Waals surface area contributed by atoms with Gasteiger partial charge in [0, 0.05) is 24.5 Å². The van der Waals surface area contributed by atoms with Gasteiger partial charge in [0.2, 0.25) is 0 Å². The first-order chi connectivity index (χ1) is 10.2. The molecular weight excluding hydrogens is 258 g/mol. The highest BCUT2D eigenvalue weighted by atomic mass is 15.2. The lowest BCUT2D eigenvalue weighted by Crippen LogP contribution is -1.93. The van der Waals surface area contributed by atoms with E-state index in [9.17, 15) is 0 Å². The first-order valence-corrected chi connectivity index (χ1v) is 6.76. The molecule has 0 bridgehead atoms. The SMILES string of the molecule is Cc1cccc(C#Cc2ccc(-c3ccnn3C)cc2)n1. The minimum absolute atomic E-state index is 0.797. The highest BCUT2D eigenvalue weighted by Gasteiger charge is 2.01. The molecule has 0 radical (unpaired) electrons. The summed E-state index contributed by atoms with van der Waals surface area (Å²) in [4.78, 5) is 4.37. The van der Waals surface area contributed by atoms with Gasteiger partial charge in [-0.05, 0) is 48.7 Å². The summed E-state index contributed by atoms with van der Waals surface area (Å²) in [7, 11) is 1.94. The Morgan fingerprint density at radius 1 is 0.952 bits per heavy atom. The van der Waals surface area contributed by atoms with E-state index in [0.717, 1.165) is 28.2 Å². The summed E-state index contributed by atoms with van der Waals surface area (Å²) < 4.78 is 1.86. The van der Waals surface area contributed by atoms with Gasteiger partial charge in [-0.2, -0.15) is 5.10 Å². The van der Waals surface area contributed by atoms with Gasteiger partial charge in [-0.3, -0.25) is 4.68 Å². The van der Waals surface area contributed by atoms with E-state index in [1.165, 1.54) is 0 Å². The number of aromatic nitrogens is 3. The third kappa shape index (κ3) is 3.01. The maximum atomic E-state index is 4.37. The van der Waals surface area contributed by atoms with E-state index in [2.05, 4.69) is 34.1 Å². The highest BCUT2D eigenvalue weighted by Crippen LogP contribution is 2.18. The number of aryl methyl sites for hydroxylation is 2. The molecule has 0 N–H and O–H groups in total. The van der Waals surface area contributed by atoms with Crippen LogP contribution in [0.25, 0.3) is 11.3 Å². The predicted molar refractivity (Wildman–Crippen MR) is 83.6 cm³/mol. The fraction of sp³-hybridized carbons (Fsp3) is 0.111. The smallest absolute Gasteiger partial charge is 0.113 e. The average molecular weight is 273 g/mol. The Kier molecular flexibility index (Phi) is 3.53. The van der Waals surface area contributed by atoms with Crippen LogP contribution in [-0.2, 0) is 7.05 Å². The number of hydrogen-bond acceptors (Lipinski definition) is 2. The molecule has 3 nitrogen and oxygen atoms in total. The van der Waals surface area contributed by atoms with Crippen LogP contribution in [0.15, 0.2) is 54.7 Å². The molecule has 3 heteroatoms. The van der Waals surface area contributed by atoms with Crippen molar-refractivity contribution in [3.8, 4) is 23.1 Å². The molecule has 0 spiro atoms. The average Bonchev–Trinajstić information content (AvgIpc) is 2.92. The van der Waals surface area contributed by atoms with Crippen LogP contribution >= 0.6 is 0 Å². The molecule has 0 atom stereocenters. The predicted octanol–water partition coefficient (Wildman–Crippen LogP) is 3.19. The van der Waals surface area contributed by atoms with Crippen LogP contribution in [0.2, 0.25) is 0 Å². The maximum Gasteiger partial charge on any atom is 0.113 e. The van der Waals surface area contributed by atoms with Gasteiger partial charge < -0.3 is 0 Å². The van der Waals surface area contributed by atoms with Gasteiger partial charge in [0.15, 0.2) is 0 Å². The summed E-state index contributed by atoms with van der Waals surface area (Å²) in [6, 6.07) is 16.0. The third-order valence-electron chi connectivity index (χ3n) is 3.22. The third-order valence-corrected chi connectivity index (χ3v) is 3.22. The second kappa shape index (κ2) is 5.64. The van der Waals surface area contributed by atoms with Gasteiger partial charge in [0.05, 0.1) is 5.69 Å². The quantitative estimate of drug-likeness (QED) is 0.637. The van der Waals surface area contributed by atoms with E-state index in [1.807, 2.05) is 55.1 Å². The van der Waals surface area contributed by atoms with Gasteiger partial charge in [-0.25, -0.2) is 4.98 Å². The molecule has 1 aromatic carbocycles.